The summed E-state index contributed by atoms with van der Waals surface area (Å²) in [5.74, 6) is 0.973. The number of anilines is 3. The SMILES string of the molecule is C[C@H](N)c1ccnc(N2CCN(C)c3ccccc32)c1. The Hall–Kier alpha value is -2.07. The fourth-order valence-corrected chi connectivity index (χ4v) is 2.61. The second-order valence-electron chi connectivity index (χ2n) is 5.30. The number of benzene rings is 1. The summed E-state index contributed by atoms with van der Waals surface area (Å²) < 4.78 is 0. The van der Waals surface area contributed by atoms with E-state index in [9.17, 15) is 0 Å². The first-order chi connectivity index (χ1) is 9.66. The molecule has 1 aliphatic rings. The van der Waals surface area contributed by atoms with Crippen LogP contribution in [0.15, 0.2) is 42.6 Å². The molecule has 1 atom stereocenters. The summed E-state index contributed by atoms with van der Waals surface area (Å²) in [4.78, 5) is 9.07. The lowest BCUT2D eigenvalue weighted by Gasteiger charge is -2.36. The number of para-hydroxylation sites is 2. The monoisotopic (exact) mass is 268 g/mol. The first-order valence-corrected chi connectivity index (χ1v) is 6.96. The van der Waals surface area contributed by atoms with Gasteiger partial charge < -0.3 is 15.5 Å². The molecule has 0 bridgehead atoms. The molecule has 0 saturated carbocycles. The van der Waals surface area contributed by atoms with Crippen LogP contribution in [0.25, 0.3) is 0 Å². The van der Waals surface area contributed by atoms with Gasteiger partial charge in [0.25, 0.3) is 0 Å². The largest absolute Gasteiger partial charge is 0.371 e. The van der Waals surface area contributed by atoms with Gasteiger partial charge >= 0.3 is 0 Å². The highest BCUT2D eigenvalue weighted by Gasteiger charge is 2.21. The molecule has 2 N–H and O–H groups in total. The summed E-state index contributed by atoms with van der Waals surface area (Å²) in [6.45, 7) is 3.92. The first kappa shape index (κ1) is 12.9. The van der Waals surface area contributed by atoms with Gasteiger partial charge in [-0.25, -0.2) is 4.98 Å². The highest BCUT2D eigenvalue weighted by molar-refractivity contribution is 5.78. The highest BCUT2D eigenvalue weighted by atomic mass is 15.3. The van der Waals surface area contributed by atoms with Crippen LogP contribution in [0.3, 0.4) is 0 Å². The number of hydrogen-bond acceptors (Lipinski definition) is 4. The van der Waals surface area contributed by atoms with Gasteiger partial charge in [-0.1, -0.05) is 12.1 Å². The summed E-state index contributed by atoms with van der Waals surface area (Å²) >= 11 is 0. The van der Waals surface area contributed by atoms with Crippen LogP contribution in [-0.4, -0.2) is 25.1 Å². The van der Waals surface area contributed by atoms with Crippen molar-refractivity contribution in [3.63, 3.8) is 0 Å². The van der Waals surface area contributed by atoms with Crippen LogP contribution < -0.4 is 15.5 Å². The van der Waals surface area contributed by atoms with E-state index >= 15 is 0 Å². The Kier molecular flexibility index (Phi) is 3.32. The maximum Gasteiger partial charge on any atom is 0.133 e. The van der Waals surface area contributed by atoms with Crippen LogP contribution in [0.4, 0.5) is 17.2 Å². The van der Waals surface area contributed by atoms with Crippen molar-refractivity contribution >= 4 is 17.2 Å². The molecule has 0 spiro atoms. The fourth-order valence-electron chi connectivity index (χ4n) is 2.61. The number of fused-ring (bicyclic) bond motifs is 1. The predicted molar refractivity (Wildman–Crippen MR) is 83.6 cm³/mol. The van der Waals surface area contributed by atoms with Gasteiger partial charge in [0.15, 0.2) is 0 Å². The standard InChI is InChI=1S/C16H20N4/c1-12(17)13-7-8-18-16(11-13)20-10-9-19(2)14-5-3-4-6-15(14)20/h3-8,11-12H,9-10,17H2,1-2H3/t12-/m0/s1. The molecular weight excluding hydrogens is 248 g/mol. The molecule has 104 valence electrons. The molecular formula is C16H20N4. The average Bonchev–Trinajstić information content (AvgIpc) is 2.48. The van der Waals surface area contributed by atoms with Crippen LogP contribution in [0, 0.1) is 0 Å². The van der Waals surface area contributed by atoms with E-state index in [0.29, 0.717) is 0 Å². The van der Waals surface area contributed by atoms with Gasteiger partial charge in [-0.2, -0.15) is 0 Å². The van der Waals surface area contributed by atoms with E-state index in [1.165, 1.54) is 11.4 Å². The quantitative estimate of drug-likeness (QED) is 0.909. The van der Waals surface area contributed by atoms with E-state index in [0.717, 1.165) is 24.5 Å². The Morgan fingerprint density at radius 1 is 1.15 bits per heavy atom. The molecule has 2 heterocycles. The van der Waals surface area contributed by atoms with E-state index in [4.69, 9.17) is 5.73 Å². The summed E-state index contributed by atoms with van der Waals surface area (Å²) in [7, 11) is 2.13. The molecule has 4 heteroatoms. The molecule has 0 amide bonds. The zero-order valence-electron chi connectivity index (χ0n) is 12.0. The Bertz CT molecular complexity index is 609. The van der Waals surface area contributed by atoms with Crippen LogP contribution in [-0.2, 0) is 0 Å². The van der Waals surface area contributed by atoms with E-state index < -0.39 is 0 Å². The summed E-state index contributed by atoms with van der Waals surface area (Å²) in [5.41, 5.74) is 9.54. The third-order valence-corrected chi connectivity index (χ3v) is 3.81. The van der Waals surface area contributed by atoms with Crippen molar-refractivity contribution < 1.29 is 0 Å². The maximum atomic E-state index is 5.97. The number of rotatable bonds is 2. The second kappa shape index (κ2) is 5.13. The molecule has 0 radical (unpaired) electrons. The van der Waals surface area contributed by atoms with Crippen LogP contribution in [0.2, 0.25) is 0 Å². The Labute approximate surface area is 119 Å². The molecule has 1 aliphatic heterocycles. The molecule has 2 aromatic rings. The lowest BCUT2D eigenvalue weighted by Crippen LogP contribution is -2.36. The van der Waals surface area contributed by atoms with E-state index in [2.05, 4.69) is 52.2 Å². The smallest absolute Gasteiger partial charge is 0.133 e. The molecule has 0 saturated heterocycles. The summed E-state index contributed by atoms with van der Waals surface area (Å²) in [6.07, 6.45) is 1.84. The number of nitrogens with zero attached hydrogens (tertiary/aromatic N) is 3. The van der Waals surface area contributed by atoms with E-state index in [1.807, 2.05) is 19.2 Å². The third kappa shape index (κ3) is 2.23. The van der Waals surface area contributed by atoms with E-state index in [-0.39, 0.29) is 6.04 Å². The number of aromatic nitrogens is 1. The Balaban J connectivity index is 2.03. The zero-order chi connectivity index (χ0) is 14.1. The van der Waals surface area contributed by atoms with Crippen LogP contribution in [0.1, 0.15) is 18.5 Å². The first-order valence-electron chi connectivity index (χ1n) is 6.96. The zero-order valence-corrected chi connectivity index (χ0v) is 12.0. The van der Waals surface area contributed by atoms with Crippen molar-refractivity contribution in [2.24, 2.45) is 5.73 Å². The highest BCUT2D eigenvalue weighted by Crippen LogP contribution is 2.36. The minimum Gasteiger partial charge on any atom is -0.371 e. The number of hydrogen-bond donors (Lipinski definition) is 1. The van der Waals surface area contributed by atoms with Gasteiger partial charge in [0.2, 0.25) is 0 Å². The van der Waals surface area contributed by atoms with Crippen molar-refractivity contribution in [3.8, 4) is 0 Å². The average molecular weight is 268 g/mol. The van der Waals surface area contributed by atoms with Crippen molar-refractivity contribution in [2.75, 3.05) is 29.9 Å². The van der Waals surface area contributed by atoms with Gasteiger partial charge in [-0.15, -0.1) is 0 Å². The topological polar surface area (TPSA) is 45.4 Å². The molecule has 0 fully saturated rings. The maximum absolute atomic E-state index is 5.97. The lowest BCUT2D eigenvalue weighted by atomic mass is 10.1. The normalized spacial score (nSPS) is 15.9. The molecule has 1 aromatic heterocycles. The Morgan fingerprint density at radius 2 is 1.90 bits per heavy atom. The molecule has 20 heavy (non-hydrogen) atoms. The second-order valence-corrected chi connectivity index (χ2v) is 5.30. The number of nitrogens with two attached hydrogens (primary N) is 1. The van der Waals surface area contributed by atoms with Crippen LogP contribution in [0.5, 0.6) is 0 Å². The van der Waals surface area contributed by atoms with Gasteiger partial charge in [0, 0.05) is 32.4 Å². The van der Waals surface area contributed by atoms with E-state index in [1.54, 1.807) is 0 Å². The number of likely N-dealkylation sites (N-methyl/N-ethyl adjacent to an activating group) is 1. The van der Waals surface area contributed by atoms with Crippen molar-refractivity contribution in [2.45, 2.75) is 13.0 Å². The van der Waals surface area contributed by atoms with Crippen LogP contribution >= 0.6 is 0 Å². The van der Waals surface area contributed by atoms with Crippen molar-refractivity contribution in [3.05, 3.63) is 48.2 Å². The minimum atomic E-state index is 0.0273. The lowest BCUT2D eigenvalue weighted by molar-refractivity contribution is 0.797. The molecule has 1 aromatic carbocycles. The van der Waals surface area contributed by atoms with Crippen molar-refractivity contribution in [1.29, 1.82) is 0 Å². The summed E-state index contributed by atoms with van der Waals surface area (Å²) in [6, 6.07) is 12.5. The molecule has 0 aliphatic carbocycles. The van der Waals surface area contributed by atoms with Crippen molar-refractivity contribution in [1.82, 2.24) is 4.98 Å². The van der Waals surface area contributed by atoms with Gasteiger partial charge in [-0.3, -0.25) is 0 Å². The van der Waals surface area contributed by atoms with Gasteiger partial charge in [0.1, 0.15) is 5.82 Å². The molecule has 4 nitrogen and oxygen atoms in total. The molecule has 3 rings (SSSR count). The fraction of sp³-hybridized carbons (Fsp3) is 0.312. The predicted octanol–water partition coefficient (Wildman–Crippen LogP) is 2.69. The number of pyridine rings is 1. The minimum absolute atomic E-state index is 0.0273. The molecule has 0 unspecified atom stereocenters. The summed E-state index contributed by atoms with van der Waals surface area (Å²) in [5, 5.41) is 0. The third-order valence-electron chi connectivity index (χ3n) is 3.81. The Morgan fingerprint density at radius 3 is 2.65 bits per heavy atom. The van der Waals surface area contributed by atoms with Gasteiger partial charge in [0.05, 0.1) is 11.4 Å². The van der Waals surface area contributed by atoms with Gasteiger partial charge in [-0.05, 0) is 36.8 Å².